The molecule has 0 unspecified atom stereocenters. The summed E-state index contributed by atoms with van der Waals surface area (Å²) < 4.78 is 108. The molecule has 7 nitrogen and oxygen atoms in total. The second-order valence-corrected chi connectivity index (χ2v) is 13.2. The van der Waals surface area contributed by atoms with Crippen LogP contribution in [0.1, 0.15) is 57.4 Å². The number of carboxylic acids is 1. The first kappa shape index (κ1) is 35.8. The number of alkyl halides is 6. The van der Waals surface area contributed by atoms with Crippen molar-refractivity contribution < 1.29 is 54.9 Å². The monoisotopic (exact) mass is 708 g/mol. The average molecular weight is 709 g/mol. The van der Waals surface area contributed by atoms with Crippen LogP contribution in [-0.2, 0) is 44.1 Å². The van der Waals surface area contributed by atoms with Crippen LogP contribution in [0.5, 0.6) is 0 Å². The number of carbonyl (C=O) groups is 2. The molecule has 1 spiro atoms. The van der Waals surface area contributed by atoms with E-state index in [9.17, 15) is 45.4 Å². The molecule has 0 radical (unpaired) electrons. The molecule has 50 heavy (non-hydrogen) atoms. The minimum Gasteiger partial charge on any atom is -0.480 e. The summed E-state index contributed by atoms with van der Waals surface area (Å²) in [6.45, 7) is 0.945. The van der Waals surface area contributed by atoms with Gasteiger partial charge in [0.25, 0.3) is 5.91 Å². The molecule has 6 rings (SSSR count). The second kappa shape index (κ2) is 13.6. The molecule has 1 aliphatic carbocycles. The highest BCUT2D eigenvalue weighted by molar-refractivity contribution is 5.95. The van der Waals surface area contributed by atoms with Crippen LogP contribution < -0.4 is 0 Å². The summed E-state index contributed by atoms with van der Waals surface area (Å²) in [5, 5.41) is 9.27. The van der Waals surface area contributed by atoms with Crippen molar-refractivity contribution in [3.63, 3.8) is 0 Å². The Kier molecular flexibility index (Phi) is 9.74. The molecule has 2 atom stereocenters. The lowest BCUT2D eigenvalue weighted by Crippen LogP contribution is -2.54. The molecule has 2 heterocycles. The van der Waals surface area contributed by atoms with E-state index in [1.807, 2.05) is 18.2 Å². The van der Waals surface area contributed by atoms with Crippen molar-refractivity contribution in [3.05, 3.63) is 106 Å². The number of aliphatic carboxylic acids is 1. The number of morpholine rings is 1. The smallest absolute Gasteiger partial charge is 0.416 e. The van der Waals surface area contributed by atoms with Gasteiger partial charge in [0.2, 0.25) is 0 Å². The van der Waals surface area contributed by atoms with Crippen molar-refractivity contribution in [3.8, 4) is 0 Å². The topological polar surface area (TPSA) is 79.3 Å². The molecular formula is C36H35F7N2O5. The van der Waals surface area contributed by atoms with Crippen LogP contribution in [0.25, 0.3) is 0 Å². The molecule has 0 bridgehead atoms. The van der Waals surface area contributed by atoms with Crippen molar-refractivity contribution in [1.82, 2.24) is 9.80 Å². The quantitative estimate of drug-likeness (QED) is 0.263. The van der Waals surface area contributed by atoms with Gasteiger partial charge in [-0.2, -0.15) is 26.3 Å². The number of fused-ring (bicyclic) bond motifs is 2. The number of carboxylic acid groups (broad SMARTS) is 1. The average Bonchev–Trinajstić information content (AvgIpc) is 3.38. The van der Waals surface area contributed by atoms with Crippen molar-refractivity contribution in [2.75, 3.05) is 45.9 Å². The number of rotatable bonds is 8. The van der Waals surface area contributed by atoms with Crippen LogP contribution in [0.4, 0.5) is 30.7 Å². The minimum atomic E-state index is -5.12. The predicted octanol–water partition coefficient (Wildman–Crippen LogP) is 6.68. The Morgan fingerprint density at radius 3 is 2.16 bits per heavy atom. The van der Waals surface area contributed by atoms with Gasteiger partial charge >= 0.3 is 18.3 Å². The summed E-state index contributed by atoms with van der Waals surface area (Å²) in [7, 11) is 0. The fraction of sp³-hybridized carbons (Fsp3) is 0.444. The molecule has 268 valence electrons. The van der Waals surface area contributed by atoms with Crippen molar-refractivity contribution in [2.45, 2.75) is 55.2 Å². The van der Waals surface area contributed by atoms with Gasteiger partial charge in [-0.25, -0.2) is 9.18 Å². The molecule has 2 fully saturated rings. The Bertz CT molecular complexity index is 1690. The van der Waals surface area contributed by atoms with E-state index in [2.05, 4.69) is 11.0 Å². The zero-order valence-electron chi connectivity index (χ0n) is 26.8. The van der Waals surface area contributed by atoms with Crippen molar-refractivity contribution in [1.29, 1.82) is 0 Å². The predicted molar refractivity (Wildman–Crippen MR) is 166 cm³/mol. The van der Waals surface area contributed by atoms with Gasteiger partial charge in [-0.1, -0.05) is 36.4 Å². The number of benzene rings is 3. The van der Waals surface area contributed by atoms with Crippen LogP contribution in [0.3, 0.4) is 0 Å². The molecule has 14 heteroatoms. The number of likely N-dealkylation sites (tertiary alicyclic amines) is 1. The summed E-state index contributed by atoms with van der Waals surface area (Å²) in [5.41, 5.74) is -2.76. The van der Waals surface area contributed by atoms with Crippen molar-refractivity contribution in [2.24, 2.45) is 0 Å². The summed E-state index contributed by atoms with van der Waals surface area (Å²) in [6, 6.07) is 14.3. The summed E-state index contributed by atoms with van der Waals surface area (Å²) in [4.78, 5) is 28.3. The van der Waals surface area contributed by atoms with E-state index in [4.69, 9.17) is 9.47 Å². The zero-order chi connectivity index (χ0) is 35.9. The Labute approximate surface area is 283 Å². The summed E-state index contributed by atoms with van der Waals surface area (Å²) in [5.74, 6) is -2.58. The van der Waals surface area contributed by atoms with Gasteiger partial charge in [0.1, 0.15) is 18.0 Å². The molecule has 2 saturated heterocycles. The molecule has 0 saturated carbocycles. The van der Waals surface area contributed by atoms with E-state index in [-0.39, 0.29) is 43.7 Å². The Morgan fingerprint density at radius 1 is 0.900 bits per heavy atom. The zero-order valence-corrected chi connectivity index (χ0v) is 26.8. The highest BCUT2D eigenvalue weighted by Gasteiger charge is 2.50. The van der Waals surface area contributed by atoms with Crippen LogP contribution in [0, 0.1) is 5.82 Å². The van der Waals surface area contributed by atoms with Gasteiger partial charge in [-0.15, -0.1) is 0 Å². The molecule has 3 aliphatic rings. The molecule has 1 N–H and O–H groups in total. The molecular weight excluding hydrogens is 673 g/mol. The van der Waals surface area contributed by atoms with Gasteiger partial charge in [0, 0.05) is 24.1 Å². The van der Waals surface area contributed by atoms with Crippen LogP contribution in [0.2, 0.25) is 0 Å². The second-order valence-electron chi connectivity index (χ2n) is 13.2. The number of halogens is 7. The molecule has 0 aromatic heterocycles. The number of ether oxygens (including phenoxy) is 2. The third-order valence-corrected chi connectivity index (χ3v) is 10.2. The standard InChI is InChI=1S/C36H35F7N2O5/c37-28-7-5-25(6-8-28)34(22-45(15-16-50-34)32(48)24-17-26(35(38,39)40)20-27(18-24)36(41,42)43)11-14-44-12-9-33(10-13-44)29-4-2-1-3-23(29)19-30(33)49-21-31(46)47/h1-8,17-18,20,30H,9-16,19,21-22H2,(H,46,47)/t30-,34-/m0/s1. The Morgan fingerprint density at radius 2 is 1.54 bits per heavy atom. The number of hydrogen-bond donors (Lipinski definition) is 1. The maximum absolute atomic E-state index is 14.0. The Hall–Kier alpha value is -4.01. The number of amides is 1. The van der Waals surface area contributed by atoms with Gasteiger partial charge in [-0.05, 0) is 85.8 Å². The lowest BCUT2D eigenvalue weighted by Gasteiger charge is -2.46. The summed E-state index contributed by atoms with van der Waals surface area (Å²) >= 11 is 0. The molecule has 2 aliphatic heterocycles. The maximum atomic E-state index is 14.0. The third kappa shape index (κ3) is 7.24. The summed E-state index contributed by atoms with van der Waals surface area (Å²) in [6.07, 6.45) is -8.30. The highest BCUT2D eigenvalue weighted by Crippen LogP contribution is 2.48. The first-order valence-electron chi connectivity index (χ1n) is 16.2. The van der Waals surface area contributed by atoms with E-state index in [1.54, 1.807) is 0 Å². The number of piperidine rings is 1. The van der Waals surface area contributed by atoms with Gasteiger partial charge in [0.05, 0.1) is 30.4 Å². The first-order chi connectivity index (χ1) is 23.6. The number of carbonyl (C=O) groups excluding carboxylic acids is 1. The molecule has 3 aromatic carbocycles. The van der Waals surface area contributed by atoms with Gasteiger partial charge in [-0.3, -0.25) is 4.79 Å². The highest BCUT2D eigenvalue weighted by atomic mass is 19.4. The van der Waals surface area contributed by atoms with E-state index in [0.717, 1.165) is 11.1 Å². The van der Waals surface area contributed by atoms with Crippen LogP contribution in [0.15, 0.2) is 66.7 Å². The largest absolute Gasteiger partial charge is 0.480 e. The lowest BCUT2D eigenvalue weighted by atomic mass is 9.72. The SMILES string of the molecule is O=C(O)CO[C@H]1Cc2ccccc2C12CCN(CC[C@@]1(c3ccc(F)cc3)CN(C(=O)c3cc(C(F)(F)F)cc(C(F)(F)F)c3)CCO1)CC2. The van der Waals surface area contributed by atoms with Crippen LogP contribution in [-0.4, -0.2) is 78.8 Å². The number of nitrogens with zero attached hydrogens (tertiary/aromatic N) is 2. The normalized spacial score (nSPS) is 22.5. The lowest BCUT2D eigenvalue weighted by molar-refractivity contribution is -0.146. The van der Waals surface area contributed by atoms with E-state index in [0.29, 0.717) is 56.6 Å². The minimum absolute atomic E-state index is 0.0215. The fourth-order valence-corrected chi connectivity index (χ4v) is 7.69. The molecule has 1 amide bonds. The fourth-order valence-electron chi connectivity index (χ4n) is 7.69. The van der Waals surface area contributed by atoms with Gasteiger partial charge in [0.15, 0.2) is 0 Å². The van der Waals surface area contributed by atoms with Gasteiger partial charge < -0.3 is 24.4 Å². The maximum Gasteiger partial charge on any atom is 0.416 e. The third-order valence-electron chi connectivity index (χ3n) is 10.2. The van der Waals surface area contributed by atoms with Crippen LogP contribution >= 0.6 is 0 Å². The van der Waals surface area contributed by atoms with E-state index < -0.39 is 58.9 Å². The molecule has 3 aromatic rings. The van der Waals surface area contributed by atoms with Crippen molar-refractivity contribution >= 4 is 11.9 Å². The Balaban J connectivity index is 1.22. The first-order valence-corrected chi connectivity index (χ1v) is 16.2. The number of hydrogen-bond acceptors (Lipinski definition) is 5. The van der Waals surface area contributed by atoms with E-state index >= 15 is 0 Å². The van der Waals surface area contributed by atoms with E-state index in [1.165, 1.54) is 29.2 Å².